The highest BCUT2D eigenvalue weighted by atomic mass is 16.7. The Bertz CT molecular complexity index is 1430. The van der Waals surface area contributed by atoms with Crippen LogP contribution in [0.5, 0.6) is 0 Å². The summed E-state index contributed by atoms with van der Waals surface area (Å²) in [4.78, 5) is 57.6. The second-order valence-corrected chi connectivity index (χ2v) is 17.2. The first kappa shape index (κ1) is 46.2. The quantitative estimate of drug-likeness (QED) is 0.196. The molecule has 14 atom stereocenters. The molecule has 4 aliphatic rings. The summed E-state index contributed by atoms with van der Waals surface area (Å²) >= 11 is 0. The van der Waals surface area contributed by atoms with Crippen LogP contribution in [-0.4, -0.2) is 126 Å². The maximum atomic E-state index is 14.3. The monoisotopic (exact) mass is 791 g/mol. The zero-order valence-electron chi connectivity index (χ0n) is 35.1. The molecule has 3 N–H and O–H groups in total. The number of hydrogen-bond donors (Lipinski definition) is 3. The molecule has 0 unspecified atom stereocenters. The third-order valence-electron chi connectivity index (χ3n) is 12.9. The number of aliphatic hydroxyl groups excluding tert-OH is 2. The molecule has 1 amide bonds. The van der Waals surface area contributed by atoms with Crippen molar-refractivity contribution >= 4 is 23.4 Å². The number of hydrogen-bond acceptors (Lipinski definition) is 12. The lowest BCUT2D eigenvalue weighted by molar-refractivity contribution is -0.302. The lowest BCUT2D eigenvalue weighted by Gasteiger charge is -2.47. The normalized spacial score (nSPS) is 41.6. The van der Waals surface area contributed by atoms with E-state index in [4.69, 9.17) is 23.7 Å². The van der Waals surface area contributed by atoms with Crippen molar-refractivity contribution in [2.24, 2.45) is 29.6 Å². The number of ether oxygens (including phenoxy) is 5. The van der Waals surface area contributed by atoms with Crippen LogP contribution in [0.2, 0.25) is 0 Å². The number of amides is 1. The molecule has 0 aromatic heterocycles. The smallest absolute Gasteiger partial charge is 0.329 e. The summed E-state index contributed by atoms with van der Waals surface area (Å²) in [5.74, 6) is -7.50. The van der Waals surface area contributed by atoms with Crippen molar-refractivity contribution in [1.82, 2.24) is 4.90 Å². The van der Waals surface area contributed by atoms with E-state index in [0.29, 0.717) is 56.9 Å². The highest BCUT2D eigenvalue weighted by Gasteiger charge is 2.56. The Morgan fingerprint density at radius 2 is 1.57 bits per heavy atom. The number of aliphatic hydroxyl groups is 3. The number of piperidine rings is 1. The van der Waals surface area contributed by atoms with Crippen molar-refractivity contribution < 1.29 is 58.2 Å². The largest absolute Gasteiger partial charge is 0.456 e. The fraction of sp³-hybridized carbons (Fsp3) is 0.814. The van der Waals surface area contributed by atoms with Crippen molar-refractivity contribution in [1.29, 1.82) is 0 Å². The van der Waals surface area contributed by atoms with Crippen LogP contribution in [0.25, 0.3) is 0 Å². The number of nitrogens with zero attached hydrogens (tertiary/aromatic N) is 1. The van der Waals surface area contributed by atoms with E-state index in [9.17, 15) is 34.5 Å². The standard InChI is InChI=1S/C43H69NO12/c1-10-30-18-24(2)17-25(3)19-36(53-8)39-37(54-9)21-27(5)43(51,56-39)40(48)41(49)44-16-12-11-13-31(44)42(50)55-38(28(6)33(46)23-34(30)47)26(4)20-29-14-15-32(45)35(22-29)52-7/h18,20,25,27-33,35-39,45-46,51H,10-17,19,21-23H2,1-9H3/b24-18+,26-20+/t25-,27+,28+,29-,30+,31+,32-,33+,35+,36-,37-,38+,39+,43+/m0/s1. The third-order valence-corrected chi connectivity index (χ3v) is 12.9. The SMILES string of the molecule is CC[C@@H]1/C=C(\C)C[C@H](C)C[C@H](OC)[C@H]2O[C@@](O)(C(=O)C(=O)N3CCCC[C@@H]3C(=O)O[C@H](/C(C)=C/[C@@H]3CC[C@H](O)[C@H](OC)C3)[C@H](C)[C@H](O)CC1=O)[C@H](C)C[C@@H]2OC. The van der Waals surface area contributed by atoms with Gasteiger partial charge in [0.2, 0.25) is 5.79 Å². The first-order valence-corrected chi connectivity index (χ1v) is 20.8. The number of allylic oxidation sites excluding steroid dienone is 3. The molecule has 4 rings (SSSR count). The van der Waals surface area contributed by atoms with Gasteiger partial charge in [0.25, 0.3) is 11.7 Å². The minimum Gasteiger partial charge on any atom is -0.456 e. The molecule has 1 saturated carbocycles. The zero-order valence-corrected chi connectivity index (χ0v) is 35.1. The Balaban J connectivity index is 1.76. The zero-order chi connectivity index (χ0) is 41.5. The topological polar surface area (TPSA) is 178 Å². The van der Waals surface area contributed by atoms with Gasteiger partial charge in [-0.2, -0.15) is 0 Å². The number of carbonyl (C=O) groups is 4. The fourth-order valence-corrected chi connectivity index (χ4v) is 9.39. The minimum absolute atomic E-state index is 0.000914. The molecule has 0 aromatic rings. The lowest BCUT2D eigenvalue weighted by Crippen LogP contribution is -2.64. The van der Waals surface area contributed by atoms with Crippen LogP contribution in [0.1, 0.15) is 112 Å². The molecule has 0 radical (unpaired) electrons. The van der Waals surface area contributed by atoms with Crippen LogP contribution in [-0.2, 0) is 42.9 Å². The Morgan fingerprint density at radius 1 is 0.911 bits per heavy atom. The molecule has 1 aliphatic carbocycles. The molecular formula is C43H69NO12. The van der Waals surface area contributed by atoms with Gasteiger partial charge in [-0.05, 0) is 95.5 Å². The van der Waals surface area contributed by atoms with Gasteiger partial charge in [-0.1, -0.05) is 45.4 Å². The fourth-order valence-electron chi connectivity index (χ4n) is 9.39. The molecule has 318 valence electrons. The van der Waals surface area contributed by atoms with E-state index in [1.807, 2.05) is 32.9 Å². The van der Waals surface area contributed by atoms with E-state index in [1.54, 1.807) is 21.0 Å². The Labute approximate surface area is 333 Å². The number of methoxy groups -OCH3 is 3. The molecule has 0 spiro atoms. The Morgan fingerprint density at radius 3 is 2.21 bits per heavy atom. The number of rotatable bonds is 6. The Hall–Kier alpha value is -2.52. The average Bonchev–Trinajstić information content (AvgIpc) is 3.18. The first-order chi connectivity index (χ1) is 26.5. The molecule has 3 heterocycles. The molecule has 3 fully saturated rings. The number of fused-ring (bicyclic) bond motifs is 3. The number of Topliss-reactive ketones (excluding diaryl/α,β-unsaturated/α-hetero) is 2. The van der Waals surface area contributed by atoms with E-state index in [-0.39, 0.29) is 49.5 Å². The molecular weight excluding hydrogens is 722 g/mol. The number of esters is 1. The molecule has 0 aromatic carbocycles. The van der Waals surface area contributed by atoms with Crippen LogP contribution < -0.4 is 0 Å². The van der Waals surface area contributed by atoms with E-state index >= 15 is 0 Å². The van der Waals surface area contributed by atoms with Crippen LogP contribution in [0.4, 0.5) is 0 Å². The van der Waals surface area contributed by atoms with Crippen molar-refractivity contribution in [3.05, 3.63) is 23.3 Å². The number of carbonyl (C=O) groups excluding carboxylic acids is 4. The lowest BCUT2D eigenvalue weighted by atomic mass is 9.81. The van der Waals surface area contributed by atoms with E-state index in [1.165, 1.54) is 19.1 Å². The summed E-state index contributed by atoms with van der Waals surface area (Å²) < 4.78 is 29.7. The summed E-state index contributed by atoms with van der Waals surface area (Å²) in [7, 11) is 4.63. The predicted octanol–water partition coefficient (Wildman–Crippen LogP) is 4.47. The highest BCUT2D eigenvalue weighted by molar-refractivity contribution is 6.39. The number of cyclic esters (lactones) is 1. The predicted molar refractivity (Wildman–Crippen MR) is 208 cm³/mol. The maximum Gasteiger partial charge on any atom is 0.329 e. The Kier molecular flexibility index (Phi) is 16.9. The minimum atomic E-state index is -2.50. The van der Waals surface area contributed by atoms with E-state index in [0.717, 1.165) is 5.57 Å². The molecule has 13 heteroatoms. The molecule has 2 bridgehead atoms. The van der Waals surface area contributed by atoms with Gasteiger partial charge in [-0.25, -0.2) is 4.79 Å². The van der Waals surface area contributed by atoms with E-state index < -0.39 is 83.9 Å². The maximum absolute atomic E-state index is 14.3. The summed E-state index contributed by atoms with van der Waals surface area (Å²) in [6.45, 7) is 11.3. The summed E-state index contributed by atoms with van der Waals surface area (Å²) in [6.07, 6.45) is 3.72. The van der Waals surface area contributed by atoms with Crippen LogP contribution in [0.15, 0.2) is 23.3 Å². The molecule has 3 aliphatic heterocycles. The van der Waals surface area contributed by atoms with Crippen molar-refractivity contribution in [2.75, 3.05) is 27.9 Å². The van der Waals surface area contributed by atoms with Crippen molar-refractivity contribution in [3.8, 4) is 0 Å². The van der Waals surface area contributed by atoms with Gasteiger partial charge in [-0.3, -0.25) is 14.4 Å². The van der Waals surface area contributed by atoms with Gasteiger partial charge in [0.15, 0.2) is 0 Å². The van der Waals surface area contributed by atoms with E-state index in [2.05, 4.69) is 6.92 Å². The molecule has 56 heavy (non-hydrogen) atoms. The van der Waals surface area contributed by atoms with Crippen LogP contribution in [0, 0.1) is 29.6 Å². The summed E-state index contributed by atoms with van der Waals surface area (Å²) in [6, 6.07) is -1.13. The average molecular weight is 792 g/mol. The van der Waals surface area contributed by atoms with Crippen LogP contribution >= 0.6 is 0 Å². The first-order valence-electron chi connectivity index (χ1n) is 20.8. The molecule has 2 saturated heterocycles. The van der Waals surface area contributed by atoms with Gasteiger partial charge in [0.1, 0.15) is 24.0 Å². The second-order valence-electron chi connectivity index (χ2n) is 17.2. The van der Waals surface area contributed by atoms with Gasteiger partial charge in [-0.15, -0.1) is 0 Å². The highest BCUT2D eigenvalue weighted by Crippen LogP contribution is 2.39. The van der Waals surface area contributed by atoms with Crippen LogP contribution in [0.3, 0.4) is 0 Å². The van der Waals surface area contributed by atoms with Crippen molar-refractivity contribution in [2.45, 2.75) is 167 Å². The van der Waals surface area contributed by atoms with Gasteiger partial charge in [0, 0.05) is 52.0 Å². The summed E-state index contributed by atoms with van der Waals surface area (Å²) in [5, 5.41) is 34.1. The van der Waals surface area contributed by atoms with Gasteiger partial charge in [0.05, 0.1) is 30.5 Å². The van der Waals surface area contributed by atoms with Gasteiger partial charge >= 0.3 is 5.97 Å². The van der Waals surface area contributed by atoms with Gasteiger partial charge < -0.3 is 43.9 Å². The van der Waals surface area contributed by atoms with Crippen molar-refractivity contribution in [3.63, 3.8) is 0 Å². The third kappa shape index (κ3) is 10.7. The molecule has 13 nitrogen and oxygen atoms in total. The number of ketones is 2. The summed E-state index contributed by atoms with van der Waals surface area (Å²) in [5.41, 5.74) is 1.66. The second kappa shape index (κ2) is 20.4.